The number of nitrogens with one attached hydrogen (secondary N) is 1. The summed E-state index contributed by atoms with van der Waals surface area (Å²) in [4.78, 5) is 53.9. The standard InChI is InChI=1S/C19H26FN3O5.C15H20FN3O2.C4H8O4.Li/c1-3-14-11-23(19(26)28-14)13-4-5-16(15(20)10-13)21-6-8-22(9-7-21)18(25)17(24)12-27-2;1-2-12-10-19(15(20)21-12)11-3-4-14(13(16)9-11)18-7-5-17-6-8-18;1-8-2-3(5)4(6)7;/h4-5,10,14,17,24H,3,6-9,11-12H2,1-2H3;3-4,9,12,17H,2,5-8,10H2,1H3;3,5H,2H2,1H3,(H,6,7);/q;;;+1/p-1/t14-,17?;12-;;/m00../s1. The maximum atomic E-state index is 14.7. The minimum atomic E-state index is -1.51. The molecule has 3 N–H and O–H groups in total. The van der Waals surface area contributed by atoms with Crippen molar-refractivity contribution in [1.82, 2.24) is 10.2 Å². The molecule has 0 spiro atoms. The molecule has 17 nitrogen and oxygen atoms in total. The predicted octanol–water partition coefficient (Wildman–Crippen LogP) is -2.07. The van der Waals surface area contributed by atoms with Crippen LogP contribution < -0.4 is 48.9 Å². The molecule has 2 aromatic rings. The van der Waals surface area contributed by atoms with Crippen molar-refractivity contribution in [2.75, 3.05) is 112 Å². The number of nitrogens with zero attached hydrogens (tertiary/aromatic N) is 5. The largest absolute Gasteiger partial charge is 1.00 e. The van der Waals surface area contributed by atoms with Gasteiger partial charge in [0, 0.05) is 66.6 Å². The average Bonchev–Trinajstić information content (AvgIpc) is 3.80. The van der Waals surface area contributed by atoms with E-state index in [1.807, 2.05) is 23.6 Å². The number of carboxylic acids is 1. The second-order valence-electron chi connectivity index (χ2n) is 13.6. The third-order valence-corrected chi connectivity index (χ3v) is 9.74. The van der Waals surface area contributed by atoms with Crippen molar-refractivity contribution in [3.63, 3.8) is 0 Å². The maximum Gasteiger partial charge on any atom is 1.00 e. The van der Waals surface area contributed by atoms with Crippen molar-refractivity contribution < 1.29 is 81.1 Å². The Bertz CT molecular complexity index is 1670. The van der Waals surface area contributed by atoms with Gasteiger partial charge in [-0.2, -0.15) is 0 Å². The Kier molecular flexibility index (Phi) is 19.4. The Morgan fingerprint density at radius 2 is 1.21 bits per heavy atom. The molecule has 316 valence electrons. The minimum absolute atomic E-state index is 0. The summed E-state index contributed by atoms with van der Waals surface area (Å²) in [6.45, 7) is 9.51. The molecule has 0 bridgehead atoms. The molecule has 2 aromatic carbocycles. The molecule has 0 aromatic heterocycles. The Hall–Kier alpha value is -4.22. The minimum Gasteiger partial charge on any atom is -0.547 e. The third kappa shape index (κ3) is 12.9. The molecule has 0 radical (unpaired) electrons. The van der Waals surface area contributed by atoms with Gasteiger partial charge in [-0.25, -0.2) is 18.4 Å². The van der Waals surface area contributed by atoms with Crippen LogP contribution in [-0.4, -0.2) is 156 Å². The van der Waals surface area contributed by atoms with E-state index in [0.29, 0.717) is 68.4 Å². The van der Waals surface area contributed by atoms with Gasteiger partial charge in [0.15, 0.2) is 6.10 Å². The van der Waals surface area contributed by atoms with E-state index in [0.717, 1.165) is 32.6 Å². The van der Waals surface area contributed by atoms with Crippen LogP contribution >= 0.6 is 0 Å². The SMILES string of the molecule is CC[C@H]1CN(c2ccc(N3CCN(C(=O)C(O)COC)CC3)c(F)c2)C(=O)O1.CC[C@H]1CN(c2ccc(N3CCNCC3)c(F)c2)C(=O)O1.COCC(O)C(=O)[O-].[Li+]. The van der Waals surface area contributed by atoms with Crippen molar-refractivity contribution >= 4 is 46.8 Å². The van der Waals surface area contributed by atoms with Gasteiger partial charge >= 0.3 is 31.0 Å². The van der Waals surface area contributed by atoms with Crippen LogP contribution in [0.1, 0.15) is 26.7 Å². The number of aliphatic carboxylic acids is 1. The van der Waals surface area contributed by atoms with Gasteiger partial charge in [0.25, 0.3) is 5.91 Å². The molecule has 4 saturated heterocycles. The van der Waals surface area contributed by atoms with Gasteiger partial charge in [-0.1, -0.05) is 13.8 Å². The summed E-state index contributed by atoms with van der Waals surface area (Å²) >= 11 is 0. The van der Waals surface area contributed by atoms with Gasteiger partial charge in [-0.05, 0) is 49.2 Å². The van der Waals surface area contributed by atoms with Gasteiger partial charge < -0.3 is 59.1 Å². The van der Waals surface area contributed by atoms with E-state index in [1.165, 1.54) is 36.2 Å². The first-order valence-electron chi connectivity index (χ1n) is 18.9. The number of piperazine rings is 2. The normalized spacial score (nSPS) is 20.2. The molecule has 58 heavy (non-hydrogen) atoms. The number of rotatable bonds is 12. The Labute approximate surface area is 348 Å². The Morgan fingerprint density at radius 1 is 0.776 bits per heavy atom. The van der Waals surface area contributed by atoms with Gasteiger partial charge in [0.2, 0.25) is 0 Å². The maximum absolute atomic E-state index is 14.7. The first kappa shape index (κ1) is 48.1. The first-order chi connectivity index (χ1) is 27.3. The molecule has 3 amide bonds. The topological polar surface area (TPSA) is 197 Å². The van der Waals surface area contributed by atoms with Gasteiger partial charge in [-0.15, -0.1) is 0 Å². The summed E-state index contributed by atoms with van der Waals surface area (Å²) in [5, 5.41) is 31.0. The smallest absolute Gasteiger partial charge is 0.547 e. The molecule has 4 heterocycles. The fraction of sp³-hybridized carbons (Fsp3) is 0.579. The molecule has 4 fully saturated rings. The summed E-state index contributed by atoms with van der Waals surface area (Å²) in [5.41, 5.74) is 2.05. The monoisotopic (exact) mass is 814 g/mol. The molecule has 4 aliphatic rings. The Morgan fingerprint density at radius 3 is 1.57 bits per heavy atom. The fourth-order valence-electron chi connectivity index (χ4n) is 6.47. The summed E-state index contributed by atoms with van der Waals surface area (Å²) in [5.74, 6) is -2.60. The van der Waals surface area contributed by atoms with E-state index in [1.54, 1.807) is 29.2 Å². The van der Waals surface area contributed by atoms with Crippen LogP contribution in [0.3, 0.4) is 0 Å². The van der Waals surface area contributed by atoms with E-state index in [2.05, 4.69) is 10.1 Å². The number of carbonyl (C=O) groups excluding carboxylic acids is 4. The van der Waals surface area contributed by atoms with Crippen LogP contribution in [0.25, 0.3) is 0 Å². The van der Waals surface area contributed by atoms with Crippen molar-refractivity contribution in [3.8, 4) is 0 Å². The third-order valence-electron chi connectivity index (χ3n) is 9.74. The number of aliphatic hydroxyl groups is 2. The molecule has 0 aliphatic carbocycles. The zero-order valence-corrected chi connectivity index (χ0v) is 33.7. The van der Waals surface area contributed by atoms with Crippen molar-refractivity contribution in [2.45, 2.75) is 51.1 Å². The molecule has 0 saturated carbocycles. The van der Waals surface area contributed by atoms with Crippen molar-refractivity contribution in [1.29, 1.82) is 0 Å². The van der Waals surface area contributed by atoms with E-state index in [4.69, 9.17) is 19.3 Å². The molecular weight excluding hydrogens is 761 g/mol. The summed E-state index contributed by atoms with van der Waals surface area (Å²) in [6, 6.07) is 9.67. The van der Waals surface area contributed by atoms with Crippen molar-refractivity contribution in [2.24, 2.45) is 0 Å². The van der Waals surface area contributed by atoms with Crippen LogP contribution in [0, 0.1) is 11.6 Å². The number of aliphatic hydroxyl groups excluding tert-OH is 2. The number of ether oxygens (including phenoxy) is 4. The second kappa shape index (κ2) is 23.4. The van der Waals surface area contributed by atoms with E-state index in [-0.39, 0.29) is 56.0 Å². The number of methoxy groups -OCH3 is 2. The van der Waals surface area contributed by atoms with Crippen LogP contribution in [0.2, 0.25) is 0 Å². The van der Waals surface area contributed by atoms with Gasteiger partial charge in [0.1, 0.15) is 29.9 Å². The molecule has 2 unspecified atom stereocenters. The number of amides is 3. The number of halogens is 2. The van der Waals surface area contributed by atoms with Gasteiger partial charge in [-0.3, -0.25) is 14.6 Å². The molecular formula is C38H53F2LiN6O11. The molecule has 4 aliphatic heterocycles. The zero-order valence-electron chi connectivity index (χ0n) is 33.7. The summed E-state index contributed by atoms with van der Waals surface area (Å²) in [6.07, 6.45) is -2.33. The van der Waals surface area contributed by atoms with E-state index >= 15 is 0 Å². The van der Waals surface area contributed by atoms with Gasteiger partial charge in [0.05, 0.1) is 55.0 Å². The van der Waals surface area contributed by atoms with E-state index in [9.17, 15) is 38.2 Å². The van der Waals surface area contributed by atoms with Crippen LogP contribution in [-0.2, 0) is 28.5 Å². The number of hydrogen-bond donors (Lipinski definition) is 3. The average molecular weight is 815 g/mol. The zero-order chi connectivity index (χ0) is 41.6. The number of cyclic esters (lactones) is 2. The van der Waals surface area contributed by atoms with Crippen LogP contribution in [0.15, 0.2) is 36.4 Å². The van der Waals surface area contributed by atoms with Crippen LogP contribution in [0.4, 0.5) is 41.1 Å². The molecule has 20 heteroatoms. The molecule has 4 atom stereocenters. The second-order valence-corrected chi connectivity index (χ2v) is 13.6. The number of benzene rings is 2. The Balaban J connectivity index is 0.000000264. The number of hydrogen-bond acceptors (Lipinski definition) is 14. The molecule has 6 rings (SSSR count). The van der Waals surface area contributed by atoms with E-state index < -0.39 is 36.2 Å². The number of carbonyl (C=O) groups is 4. The van der Waals surface area contributed by atoms with Crippen LogP contribution in [0.5, 0.6) is 0 Å². The quantitative estimate of drug-likeness (QED) is 0.198. The fourth-order valence-corrected chi connectivity index (χ4v) is 6.47. The number of anilines is 4. The summed E-state index contributed by atoms with van der Waals surface area (Å²) in [7, 11) is 2.72. The number of carboxylic acid groups (broad SMARTS) is 1. The van der Waals surface area contributed by atoms with Crippen molar-refractivity contribution in [3.05, 3.63) is 48.0 Å². The summed E-state index contributed by atoms with van der Waals surface area (Å²) < 4.78 is 48.6. The first-order valence-corrected chi connectivity index (χ1v) is 18.9. The predicted molar refractivity (Wildman–Crippen MR) is 203 cm³/mol.